The van der Waals surface area contributed by atoms with E-state index in [0.29, 0.717) is 6.42 Å². The standard InChI is InChI=1S/C62H101NO8/c1-3-5-7-9-11-12-13-14-15-16-17-18-19-20-21-22-23-24-25-26-27-28-29-30-31-32-33-34-35-36-37-38-39-40-41-42-43-44-46-48-50-52-58(66)63-55(56(65)51-49-47-45-10-8-6-4-2)54-70-62-61(69)60(68)59(67)57(53-64)71-62/h5,7-8,10-12,14-15,17-18,20-21,23-24,26-27,29-30,32-33,49,51,55-57,59-62,64-65,67-69H,3-4,6,9,13,16,19,22,25,28,31,34-48,50,52-54H2,1-2H3,(H,63,66)/b7-5-,10-8+,12-11-,15-14-,18-17-,21-20-,24-23-,27-26-,30-29-,33-32-,51-49+. The Morgan fingerprint density at radius 3 is 1.34 bits per heavy atom. The van der Waals surface area contributed by atoms with E-state index in [9.17, 15) is 30.3 Å². The molecule has 0 spiro atoms. The lowest BCUT2D eigenvalue weighted by molar-refractivity contribution is -0.302. The number of carbonyl (C=O) groups excluding carboxylic acids is 1. The molecule has 1 rings (SSSR count). The van der Waals surface area contributed by atoms with E-state index in [-0.39, 0.29) is 12.5 Å². The predicted molar refractivity (Wildman–Crippen MR) is 299 cm³/mol. The lowest BCUT2D eigenvalue weighted by atomic mass is 9.99. The zero-order chi connectivity index (χ0) is 51.5. The summed E-state index contributed by atoms with van der Waals surface area (Å²) in [6.07, 6.45) is 70.0. The fraction of sp³-hybridized carbons (Fsp3) is 0.629. The maximum atomic E-state index is 12.9. The number of unbranched alkanes of at least 4 members (excludes halogenated alkanes) is 15. The summed E-state index contributed by atoms with van der Waals surface area (Å²) in [4.78, 5) is 12.9. The van der Waals surface area contributed by atoms with Gasteiger partial charge in [0.1, 0.15) is 24.4 Å². The van der Waals surface area contributed by atoms with Crippen LogP contribution in [-0.4, -0.2) is 87.5 Å². The van der Waals surface area contributed by atoms with Crippen molar-refractivity contribution in [1.29, 1.82) is 0 Å². The largest absolute Gasteiger partial charge is 0.394 e. The molecule has 0 saturated carbocycles. The minimum atomic E-state index is -1.58. The van der Waals surface area contributed by atoms with Crippen LogP contribution < -0.4 is 5.32 Å². The van der Waals surface area contributed by atoms with E-state index in [1.54, 1.807) is 6.08 Å². The summed E-state index contributed by atoms with van der Waals surface area (Å²) in [5.74, 6) is -0.199. The lowest BCUT2D eigenvalue weighted by Gasteiger charge is -2.40. The van der Waals surface area contributed by atoms with Crippen molar-refractivity contribution < 1.29 is 39.8 Å². The third kappa shape index (κ3) is 39.5. The molecule has 0 radical (unpaired) electrons. The lowest BCUT2D eigenvalue weighted by Crippen LogP contribution is -2.60. The van der Waals surface area contributed by atoms with Crippen molar-refractivity contribution in [2.24, 2.45) is 0 Å². The molecule has 0 aliphatic carbocycles. The highest BCUT2D eigenvalue weighted by molar-refractivity contribution is 5.76. The van der Waals surface area contributed by atoms with Gasteiger partial charge in [-0.1, -0.05) is 225 Å². The highest BCUT2D eigenvalue weighted by atomic mass is 16.7. The van der Waals surface area contributed by atoms with Crippen molar-refractivity contribution in [3.63, 3.8) is 0 Å². The molecule has 0 aromatic rings. The average Bonchev–Trinajstić information content (AvgIpc) is 3.37. The molecule has 7 unspecified atom stereocenters. The van der Waals surface area contributed by atoms with Crippen LogP contribution in [0.3, 0.4) is 0 Å². The Labute approximate surface area is 432 Å². The Balaban J connectivity index is 2.05. The van der Waals surface area contributed by atoms with Gasteiger partial charge in [0.2, 0.25) is 5.91 Å². The Hall–Kier alpha value is -3.67. The summed E-state index contributed by atoms with van der Waals surface area (Å²) in [5.41, 5.74) is 0. The minimum absolute atomic E-state index is 0.199. The Morgan fingerprint density at radius 1 is 0.493 bits per heavy atom. The molecule has 6 N–H and O–H groups in total. The summed E-state index contributed by atoms with van der Waals surface area (Å²) in [6, 6.07) is -0.827. The van der Waals surface area contributed by atoms with Crippen molar-refractivity contribution in [2.45, 2.75) is 236 Å². The third-order valence-electron chi connectivity index (χ3n) is 12.2. The van der Waals surface area contributed by atoms with E-state index in [1.165, 1.54) is 70.6 Å². The monoisotopic (exact) mass is 988 g/mol. The normalized spacial score (nSPS) is 20.4. The van der Waals surface area contributed by atoms with Gasteiger partial charge in [0.05, 0.1) is 25.4 Å². The summed E-state index contributed by atoms with van der Waals surface area (Å²) < 4.78 is 11.2. The number of nitrogens with one attached hydrogen (secondary N) is 1. The summed E-state index contributed by atoms with van der Waals surface area (Å²) in [5, 5.41) is 54.0. The molecule has 402 valence electrons. The summed E-state index contributed by atoms with van der Waals surface area (Å²) in [6.45, 7) is 3.51. The third-order valence-corrected chi connectivity index (χ3v) is 12.2. The molecule has 1 aliphatic rings. The van der Waals surface area contributed by atoms with Crippen molar-refractivity contribution in [1.82, 2.24) is 5.32 Å². The second-order valence-electron chi connectivity index (χ2n) is 18.6. The quantitative estimate of drug-likeness (QED) is 0.0261. The fourth-order valence-corrected chi connectivity index (χ4v) is 7.82. The Kier molecular flexibility index (Phi) is 45.9. The van der Waals surface area contributed by atoms with Crippen LogP contribution in [0.5, 0.6) is 0 Å². The second kappa shape index (κ2) is 49.9. The molecule has 1 heterocycles. The van der Waals surface area contributed by atoms with Gasteiger partial charge in [-0.3, -0.25) is 4.79 Å². The van der Waals surface area contributed by atoms with E-state index in [2.05, 4.69) is 141 Å². The van der Waals surface area contributed by atoms with Gasteiger partial charge in [0.15, 0.2) is 6.29 Å². The smallest absolute Gasteiger partial charge is 0.220 e. The van der Waals surface area contributed by atoms with Crippen LogP contribution >= 0.6 is 0 Å². The molecule has 9 nitrogen and oxygen atoms in total. The molecule has 0 aromatic carbocycles. The molecule has 1 saturated heterocycles. The molecular formula is C62H101NO8. The van der Waals surface area contributed by atoms with Gasteiger partial charge < -0.3 is 40.3 Å². The van der Waals surface area contributed by atoms with Gasteiger partial charge in [-0.25, -0.2) is 0 Å². The van der Waals surface area contributed by atoms with Gasteiger partial charge in [0.25, 0.3) is 0 Å². The van der Waals surface area contributed by atoms with Crippen LogP contribution in [0.2, 0.25) is 0 Å². The van der Waals surface area contributed by atoms with Gasteiger partial charge in [-0.2, -0.15) is 0 Å². The van der Waals surface area contributed by atoms with E-state index in [1.807, 2.05) is 6.08 Å². The topological polar surface area (TPSA) is 149 Å². The summed E-state index contributed by atoms with van der Waals surface area (Å²) >= 11 is 0. The van der Waals surface area contributed by atoms with E-state index < -0.39 is 49.5 Å². The summed E-state index contributed by atoms with van der Waals surface area (Å²) in [7, 11) is 0. The highest BCUT2D eigenvalue weighted by Gasteiger charge is 2.44. The highest BCUT2D eigenvalue weighted by Crippen LogP contribution is 2.22. The fourth-order valence-electron chi connectivity index (χ4n) is 7.82. The van der Waals surface area contributed by atoms with Crippen LogP contribution in [0, 0.1) is 0 Å². The van der Waals surface area contributed by atoms with Crippen LogP contribution in [0.4, 0.5) is 0 Å². The van der Waals surface area contributed by atoms with Gasteiger partial charge >= 0.3 is 0 Å². The number of carbonyl (C=O) groups is 1. The molecular weight excluding hydrogens is 887 g/mol. The molecule has 1 aliphatic heterocycles. The van der Waals surface area contributed by atoms with Crippen LogP contribution in [-0.2, 0) is 14.3 Å². The van der Waals surface area contributed by atoms with E-state index in [4.69, 9.17) is 9.47 Å². The predicted octanol–water partition coefficient (Wildman–Crippen LogP) is 13.7. The molecule has 9 heteroatoms. The molecule has 1 fully saturated rings. The van der Waals surface area contributed by atoms with Crippen molar-refractivity contribution in [2.75, 3.05) is 13.2 Å². The minimum Gasteiger partial charge on any atom is -0.394 e. The second-order valence-corrected chi connectivity index (χ2v) is 18.6. The number of ether oxygens (including phenoxy) is 2. The van der Waals surface area contributed by atoms with Crippen LogP contribution in [0.15, 0.2) is 134 Å². The number of hydrogen-bond acceptors (Lipinski definition) is 8. The number of rotatable bonds is 45. The number of amides is 1. The maximum absolute atomic E-state index is 12.9. The Morgan fingerprint density at radius 2 is 0.887 bits per heavy atom. The first-order chi connectivity index (χ1) is 34.8. The van der Waals surface area contributed by atoms with Crippen molar-refractivity contribution >= 4 is 5.91 Å². The van der Waals surface area contributed by atoms with Crippen LogP contribution in [0.25, 0.3) is 0 Å². The van der Waals surface area contributed by atoms with Crippen molar-refractivity contribution in [3.8, 4) is 0 Å². The SMILES string of the molecule is CC/C=C\C/C=C\C/C=C\C/C=C\C/C=C\C/C=C\C/C=C\C/C=C\C/C=C\CCCCCCCCCCCCCCCC(=O)NC(COC1OC(CO)C(O)C(O)C1O)C(O)/C=C/CC/C=C/CCC. The number of aliphatic hydroxyl groups excluding tert-OH is 5. The number of aliphatic hydroxyl groups is 5. The first-order valence-corrected chi connectivity index (χ1v) is 27.9. The first kappa shape index (κ1) is 65.3. The molecule has 7 atom stereocenters. The zero-order valence-electron chi connectivity index (χ0n) is 44.4. The molecule has 71 heavy (non-hydrogen) atoms. The number of allylic oxidation sites excluding steroid dienone is 21. The maximum Gasteiger partial charge on any atom is 0.220 e. The Bertz CT molecular complexity index is 1570. The van der Waals surface area contributed by atoms with Gasteiger partial charge in [0, 0.05) is 6.42 Å². The van der Waals surface area contributed by atoms with Crippen molar-refractivity contribution in [3.05, 3.63) is 134 Å². The van der Waals surface area contributed by atoms with E-state index in [0.717, 1.165) is 103 Å². The average molecular weight is 988 g/mol. The number of hydrogen-bond donors (Lipinski definition) is 6. The van der Waals surface area contributed by atoms with Gasteiger partial charge in [-0.05, 0) is 96.3 Å². The molecule has 0 aromatic heterocycles. The first-order valence-electron chi connectivity index (χ1n) is 27.9. The zero-order valence-corrected chi connectivity index (χ0v) is 44.4. The van der Waals surface area contributed by atoms with Crippen LogP contribution in [0.1, 0.15) is 194 Å². The van der Waals surface area contributed by atoms with Gasteiger partial charge in [-0.15, -0.1) is 0 Å². The molecule has 1 amide bonds. The van der Waals surface area contributed by atoms with E-state index >= 15 is 0 Å². The molecule has 0 bridgehead atoms.